The van der Waals surface area contributed by atoms with Gasteiger partial charge in [0.2, 0.25) is 0 Å². The Balaban J connectivity index is 2.01. The number of thiazole rings is 1. The van der Waals surface area contributed by atoms with Crippen LogP contribution in [0.5, 0.6) is 0 Å². The number of carbonyl (C=O) groups excluding carboxylic acids is 1. The van der Waals surface area contributed by atoms with Crippen LogP contribution in [-0.4, -0.2) is 22.0 Å². The van der Waals surface area contributed by atoms with Crippen molar-refractivity contribution in [2.75, 3.05) is 5.32 Å². The van der Waals surface area contributed by atoms with E-state index in [0.717, 1.165) is 16.3 Å². The lowest BCUT2D eigenvalue weighted by Gasteiger charge is -2.05. The molecule has 2 N–H and O–H groups in total. The predicted molar refractivity (Wildman–Crippen MR) is 81.9 cm³/mol. The third-order valence-corrected chi connectivity index (χ3v) is 4.02. The average Bonchev–Trinajstić information content (AvgIpc) is 2.77. The third-order valence-electron chi connectivity index (χ3n) is 2.95. The van der Waals surface area contributed by atoms with E-state index in [1.54, 1.807) is 12.1 Å². The average molecular weight is 304 g/mol. The molecule has 0 aliphatic carbocycles. The normalized spacial score (nSPS) is 10.4. The van der Waals surface area contributed by atoms with Crippen molar-refractivity contribution in [2.45, 2.75) is 26.7 Å². The highest BCUT2D eigenvalue weighted by atomic mass is 32.1. The number of hydrogen-bond acceptors (Lipinski definition) is 4. The van der Waals surface area contributed by atoms with E-state index in [-0.39, 0.29) is 12.3 Å². The van der Waals surface area contributed by atoms with Gasteiger partial charge in [-0.25, -0.2) is 4.98 Å². The number of nitrogens with zero attached hydrogens (tertiary/aromatic N) is 1. The fourth-order valence-corrected chi connectivity index (χ4v) is 2.75. The first-order valence-electron chi connectivity index (χ1n) is 6.52. The van der Waals surface area contributed by atoms with Crippen LogP contribution in [0.2, 0.25) is 0 Å². The quantitative estimate of drug-likeness (QED) is 0.890. The van der Waals surface area contributed by atoms with Crippen LogP contribution in [0.4, 0.5) is 5.69 Å². The molecule has 6 heteroatoms. The van der Waals surface area contributed by atoms with Gasteiger partial charge in [-0.1, -0.05) is 12.1 Å². The van der Waals surface area contributed by atoms with Gasteiger partial charge in [-0.2, -0.15) is 0 Å². The number of anilines is 1. The number of amides is 1. The van der Waals surface area contributed by atoms with Crippen molar-refractivity contribution in [3.05, 3.63) is 45.4 Å². The Morgan fingerprint density at radius 2 is 1.90 bits per heavy atom. The SMILES string of the molecule is Cc1nc(C)c(C(=O)Nc2ccc(CCC(=O)O)cc2)s1. The van der Waals surface area contributed by atoms with Crippen LogP contribution in [0, 0.1) is 13.8 Å². The molecule has 1 aromatic carbocycles. The minimum atomic E-state index is -0.816. The summed E-state index contributed by atoms with van der Waals surface area (Å²) >= 11 is 1.37. The molecule has 2 aromatic rings. The Morgan fingerprint density at radius 3 is 2.43 bits per heavy atom. The van der Waals surface area contributed by atoms with E-state index in [1.807, 2.05) is 26.0 Å². The zero-order chi connectivity index (χ0) is 15.4. The van der Waals surface area contributed by atoms with Gasteiger partial charge in [-0.15, -0.1) is 11.3 Å². The van der Waals surface area contributed by atoms with Crippen molar-refractivity contribution in [1.29, 1.82) is 0 Å². The van der Waals surface area contributed by atoms with Crippen LogP contribution >= 0.6 is 11.3 Å². The van der Waals surface area contributed by atoms with Crippen LogP contribution in [0.25, 0.3) is 0 Å². The largest absolute Gasteiger partial charge is 0.481 e. The minimum absolute atomic E-state index is 0.102. The number of carboxylic acid groups (broad SMARTS) is 1. The lowest BCUT2D eigenvalue weighted by atomic mass is 10.1. The topological polar surface area (TPSA) is 79.3 Å². The summed E-state index contributed by atoms with van der Waals surface area (Å²) in [6.07, 6.45) is 0.585. The Labute approximate surface area is 126 Å². The molecule has 5 nitrogen and oxygen atoms in total. The highest BCUT2D eigenvalue weighted by Crippen LogP contribution is 2.19. The molecule has 0 saturated carbocycles. The molecule has 2 rings (SSSR count). The lowest BCUT2D eigenvalue weighted by Crippen LogP contribution is -2.11. The third kappa shape index (κ3) is 4.13. The fourth-order valence-electron chi connectivity index (χ4n) is 1.94. The summed E-state index contributed by atoms with van der Waals surface area (Å²) in [6, 6.07) is 7.20. The maximum absolute atomic E-state index is 12.1. The number of carboxylic acids is 1. The molecule has 0 aliphatic heterocycles. The maximum atomic E-state index is 12.1. The molecular weight excluding hydrogens is 288 g/mol. The molecule has 21 heavy (non-hydrogen) atoms. The predicted octanol–water partition coefficient (Wildman–Crippen LogP) is 3.03. The van der Waals surface area contributed by atoms with Crippen LogP contribution in [0.1, 0.15) is 32.4 Å². The van der Waals surface area contributed by atoms with Gasteiger partial charge in [-0.05, 0) is 38.0 Å². The number of benzene rings is 1. The van der Waals surface area contributed by atoms with Crippen LogP contribution in [0.3, 0.4) is 0 Å². The van der Waals surface area contributed by atoms with Gasteiger partial charge in [0.15, 0.2) is 0 Å². The van der Waals surface area contributed by atoms with E-state index in [9.17, 15) is 9.59 Å². The Hall–Kier alpha value is -2.21. The monoisotopic (exact) mass is 304 g/mol. The number of rotatable bonds is 5. The van der Waals surface area contributed by atoms with Gasteiger partial charge in [0.25, 0.3) is 5.91 Å². The highest BCUT2D eigenvalue weighted by molar-refractivity contribution is 7.13. The van der Waals surface area contributed by atoms with Gasteiger partial charge in [0, 0.05) is 12.1 Å². The second kappa shape index (κ2) is 6.49. The van der Waals surface area contributed by atoms with E-state index in [4.69, 9.17) is 5.11 Å². The molecule has 0 aliphatic rings. The first-order chi connectivity index (χ1) is 9.95. The number of hydrogen-bond donors (Lipinski definition) is 2. The van der Waals surface area contributed by atoms with Crippen LogP contribution in [0.15, 0.2) is 24.3 Å². The number of aliphatic carboxylic acids is 1. The molecule has 0 radical (unpaired) electrons. The zero-order valence-corrected chi connectivity index (χ0v) is 12.7. The standard InChI is InChI=1S/C15H16N2O3S/c1-9-14(21-10(2)16-9)15(20)17-12-6-3-11(4-7-12)5-8-13(18)19/h3-4,6-7H,5,8H2,1-2H3,(H,17,20)(H,18,19). The van der Waals surface area contributed by atoms with E-state index in [1.165, 1.54) is 11.3 Å². The van der Waals surface area contributed by atoms with Crippen LogP contribution in [-0.2, 0) is 11.2 Å². The minimum Gasteiger partial charge on any atom is -0.481 e. The van der Waals surface area contributed by atoms with E-state index < -0.39 is 5.97 Å². The summed E-state index contributed by atoms with van der Waals surface area (Å²) < 4.78 is 0. The summed E-state index contributed by atoms with van der Waals surface area (Å²) in [5, 5.41) is 12.3. The lowest BCUT2D eigenvalue weighted by molar-refractivity contribution is -0.136. The highest BCUT2D eigenvalue weighted by Gasteiger charge is 2.13. The van der Waals surface area contributed by atoms with Crippen molar-refractivity contribution in [1.82, 2.24) is 4.98 Å². The number of aryl methyl sites for hydroxylation is 3. The first-order valence-corrected chi connectivity index (χ1v) is 7.33. The molecule has 1 amide bonds. The second-order valence-corrected chi connectivity index (χ2v) is 5.90. The maximum Gasteiger partial charge on any atom is 0.303 e. The number of nitrogens with one attached hydrogen (secondary N) is 1. The number of carbonyl (C=O) groups is 2. The summed E-state index contributed by atoms with van der Waals surface area (Å²) in [5.74, 6) is -0.986. The van der Waals surface area contributed by atoms with Crippen LogP contribution < -0.4 is 5.32 Å². The fraction of sp³-hybridized carbons (Fsp3) is 0.267. The van der Waals surface area contributed by atoms with E-state index in [0.29, 0.717) is 17.0 Å². The van der Waals surface area contributed by atoms with Gasteiger partial charge >= 0.3 is 5.97 Å². The zero-order valence-electron chi connectivity index (χ0n) is 11.8. The molecule has 0 saturated heterocycles. The van der Waals surface area contributed by atoms with Crippen molar-refractivity contribution in [3.63, 3.8) is 0 Å². The molecule has 110 valence electrons. The molecule has 0 fully saturated rings. The molecular formula is C15H16N2O3S. The summed E-state index contributed by atoms with van der Waals surface area (Å²) in [5.41, 5.74) is 2.35. The van der Waals surface area contributed by atoms with Gasteiger partial charge in [-0.3, -0.25) is 9.59 Å². The van der Waals surface area contributed by atoms with E-state index >= 15 is 0 Å². The Kier molecular flexibility index (Phi) is 4.70. The first kappa shape index (κ1) is 15.2. The summed E-state index contributed by atoms with van der Waals surface area (Å²) in [7, 11) is 0. The van der Waals surface area contributed by atoms with Gasteiger partial charge < -0.3 is 10.4 Å². The van der Waals surface area contributed by atoms with Crippen molar-refractivity contribution < 1.29 is 14.7 Å². The molecule has 0 atom stereocenters. The Bertz CT molecular complexity index is 662. The summed E-state index contributed by atoms with van der Waals surface area (Å²) in [6.45, 7) is 3.68. The molecule has 1 heterocycles. The molecule has 1 aromatic heterocycles. The van der Waals surface area contributed by atoms with E-state index in [2.05, 4.69) is 10.3 Å². The summed E-state index contributed by atoms with van der Waals surface area (Å²) in [4.78, 5) is 27.5. The molecule has 0 bridgehead atoms. The van der Waals surface area contributed by atoms with Gasteiger partial charge in [0.05, 0.1) is 10.7 Å². The van der Waals surface area contributed by atoms with Crippen molar-refractivity contribution in [2.24, 2.45) is 0 Å². The van der Waals surface area contributed by atoms with Crippen molar-refractivity contribution >= 4 is 28.9 Å². The molecule has 0 spiro atoms. The smallest absolute Gasteiger partial charge is 0.303 e. The number of aromatic nitrogens is 1. The molecule has 0 unspecified atom stereocenters. The second-order valence-electron chi connectivity index (χ2n) is 4.69. The Morgan fingerprint density at radius 1 is 1.24 bits per heavy atom. The van der Waals surface area contributed by atoms with Gasteiger partial charge in [0.1, 0.15) is 4.88 Å². The van der Waals surface area contributed by atoms with Crippen molar-refractivity contribution in [3.8, 4) is 0 Å².